The number of hydrogen-bond donors (Lipinski definition) is 1. The molecule has 6 nitrogen and oxygen atoms in total. The van der Waals surface area contributed by atoms with E-state index in [0.717, 1.165) is 36.5 Å². The number of rotatable bonds is 3. The molecule has 2 aromatic carbocycles. The fraction of sp³-hybridized carbons (Fsp3) is 0.450. The molecule has 1 aliphatic carbocycles. The van der Waals surface area contributed by atoms with E-state index in [1.807, 2.05) is 30.3 Å². The van der Waals surface area contributed by atoms with E-state index < -0.39 is 15.6 Å². The van der Waals surface area contributed by atoms with Crippen molar-refractivity contribution in [3.63, 3.8) is 0 Å². The monoisotopic (exact) mass is 423 g/mol. The van der Waals surface area contributed by atoms with Gasteiger partial charge in [-0.05, 0) is 35.7 Å². The molecule has 1 saturated carbocycles. The second-order valence-corrected chi connectivity index (χ2v) is 9.51. The average Bonchev–Trinajstić information content (AvgIpc) is 3.15. The van der Waals surface area contributed by atoms with E-state index in [9.17, 15) is 13.2 Å². The predicted octanol–water partition coefficient (Wildman–Crippen LogP) is 2.37. The summed E-state index contributed by atoms with van der Waals surface area (Å²) < 4.78 is 27.5. The lowest BCUT2D eigenvalue weighted by Crippen LogP contribution is -2.59. The molecule has 2 aliphatic rings. The average molecular weight is 424 g/mol. The molecule has 8 heteroatoms. The van der Waals surface area contributed by atoms with Gasteiger partial charge in [0.1, 0.15) is 0 Å². The summed E-state index contributed by atoms with van der Waals surface area (Å²) >= 11 is 0. The van der Waals surface area contributed by atoms with Gasteiger partial charge >= 0.3 is 0 Å². The van der Waals surface area contributed by atoms with Crippen molar-refractivity contribution in [2.75, 3.05) is 26.2 Å². The Labute approximate surface area is 172 Å². The zero-order chi connectivity index (χ0) is 19.1. The molecule has 28 heavy (non-hydrogen) atoms. The van der Waals surface area contributed by atoms with E-state index in [2.05, 4.69) is 0 Å². The summed E-state index contributed by atoms with van der Waals surface area (Å²) in [4.78, 5) is 14.8. The number of carbonyl (C=O) groups is 1. The maximum atomic E-state index is 13.0. The molecular weight excluding hydrogens is 398 g/mol. The summed E-state index contributed by atoms with van der Waals surface area (Å²) in [6, 6.07) is 12.9. The van der Waals surface area contributed by atoms with Crippen LogP contribution in [0.4, 0.5) is 0 Å². The van der Waals surface area contributed by atoms with Crippen LogP contribution in [0.1, 0.15) is 25.7 Å². The topological polar surface area (TPSA) is 83.7 Å². The van der Waals surface area contributed by atoms with E-state index in [0.29, 0.717) is 31.1 Å². The number of piperazine rings is 1. The Bertz CT molecular complexity index is 966. The minimum atomic E-state index is -3.57. The fourth-order valence-electron chi connectivity index (χ4n) is 4.14. The molecule has 2 fully saturated rings. The molecule has 1 amide bonds. The Morgan fingerprint density at radius 1 is 0.929 bits per heavy atom. The second-order valence-electron chi connectivity index (χ2n) is 7.57. The van der Waals surface area contributed by atoms with Gasteiger partial charge in [-0.25, -0.2) is 8.42 Å². The third kappa shape index (κ3) is 3.76. The van der Waals surface area contributed by atoms with Gasteiger partial charge in [-0.2, -0.15) is 4.31 Å². The smallest absolute Gasteiger partial charge is 0.243 e. The van der Waals surface area contributed by atoms with Gasteiger partial charge in [0, 0.05) is 26.2 Å². The van der Waals surface area contributed by atoms with Gasteiger partial charge < -0.3 is 10.6 Å². The van der Waals surface area contributed by atoms with Gasteiger partial charge in [0.15, 0.2) is 0 Å². The van der Waals surface area contributed by atoms with E-state index in [1.54, 1.807) is 17.0 Å². The van der Waals surface area contributed by atoms with Crippen LogP contribution in [0.2, 0.25) is 0 Å². The van der Waals surface area contributed by atoms with Crippen molar-refractivity contribution in [1.82, 2.24) is 9.21 Å². The van der Waals surface area contributed by atoms with Crippen LogP contribution >= 0.6 is 12.4 Å². The number of nitrogens with zero attached hydrogens (tertiary/aromatic N) is 2. The zero-order valence-corrected chi connectivity index (χ0v) is 17.3. The Morgan fingerprint density at radius 3 is 2.18 bits per heavy atom. The van der Waals surface area contributed by atoms with Crippen LogP contribution in [0.15, 0.2) is 47.4 Å². The lowest BCUT2D eigenvalue weighted by atomic mass is 9.97. The standard InChI is InChI=1S/C20H25N3O3S.ClH/c21-20(9-3-4-10-20)19(24)22-11-13-23(14-12-22)27(25,26)18-8-7-16-5-1-2-6-17(16)15-18;/h1-2,5-8,15H,3-4,9-14,21H2;1H. The molecule has 0 bridgehead atoms. The predicted molar refractivity (Wildman–Crippen MR) is 112 cm³/mol. The maximum Gasteiger partial charge on any atom is 0.243 e. The Kier molecular flexibility index (Phi) is 6.00. The molecule has 0 radical (unpaired) electrons. The normalized spacial score (nSPS) is 20.1. The van der Waals surface area contributed by atoms with Crippen LogP contribution in [0, 0.1) is 0 Å². The number of hydrogen-bond acceptors (Lipinski definition) is 4. The summed E-state index contributed by atoms with van der Waals surface area (Å²) in [7, 11) is -3.57. The SMILES string of the molecule is Cl.NC1(C(=O)N2CCN(S(=O)(=O)c3ccc4ccccc4c3)CC2)CCCC1. The van der Waals surface area contributed by atoms with Crippen LogP contribution in [-0.4, -0.2) is 55.2 Å². The molecular formula is C20H26ClN3O3S. The first kappa shape index (κ1) is 21.0. The van der Waals surface area contributed by atoms with Crippen molar-refractivity contribution in [2.45, 2.75) is 36.1 Å². The van der Waals surface area contributed by atoms with Gasteiger partial charge in [0.25, 0.3) is 0 Å². The van der Waals surface area contributed by atoms with Crippen molar-refractivity contribution in [3.8, 4) is 0 Å². The molecule has 152 valence electrons. The number of halogens is 1. The number of amides is 1. The van der Waals surface area contributed by atoms with Gasteiger partial charge in [-0.3, -0.25) is 4.79 Å². The van der Waals surface area contributed by atoms with Crippen LogP contribution in [0.5, 0.6) is 0 Å². The lowest BCUT2D eigenvalue weighted by molar-refractivity contribution is -0.138. The van der Waals surface area contributed by atoms with E-state index in [-0.39, 0.29) is 18.3 Å². The molecule has 4 rings (SSSR count). The number of sulfonamides is 1. The highest BCUT2D eigenvalue weighted by Crippen LogP contribution is 2.30. The number of carbonyl (C=O) groups excluding carboxylic acids is 1. The molecule has 1 aliphatic heterocycles. The van der Waals surface area contributed by atoms with Crippen molar-refractivity contribution in [1.29, 1.82) is 0 Å². The summed E-state index contributed by atoms with van der Waals surface area (Å²) in [5.41, 5.74) is 5.52. The van der Waals surface area contributed by atoms with Crippen molar-refractivity contribution in [3.05, 3.63) is 42.5 Å². The van der Waals surface area contributed by atoms with Crippen molar-refractivity contribution in [2.24, 2.45) is 5.73 Å². The summed E-state index contributed by atoms with van der Waals surface area (Å²) in [5.74, 6) is -0.0252. The quantitative estimate of drug-likeness (QED) is 0.821. The number of fused-ring (bicyclic) bond motifs is 1. The van der Waals surface area contributed by atoms with Crippen LogP contribution in [-0.2, 0) is 14.8 Å². The Morgan fingerprint density at radius 2 is 1.54 bits per heavy atom. The highest BCUT2D eigenvalue weighted by Gasteiger charge is 2.41. The van der Waals surface area contributed by atoms with E-state index in [4.69, 9.17) is 5.73 Å². The maximum absolute atomic E-state index is 13.0. The number of benzene rings is 2. The van der Waals surface area contributed by atoms with Gasteiger partial charge in [-0.1, -0.05) is 43.2 Å². The summed E-state index contributed by atoms with van der Waals surface area (Å²) in [6.45, 7) is 1.39. The largest absolute Gasteiger partial charge is 0.338 e. The van der Waals surface area contributed by atoms with Gasteiger partial charge in [0.2, 0.25) is 15.9 Å². The van der Waals surface area contributed by atoms with Crippen LogP contribution < -0.4 is 5.73 Å². The Hall–Kier alpha value is -1.67. The van der Waals surface area contributed by atoms with Crippen molar-refractivity contribution < 1.29 is 13.2 Å². The molecule has 0 atom stereocenters. The highest BCUT2D eigenvalue weighted by atomic mass is 35.5. The molecule has 1 heterocycles. The molecule has 2 N–H and O–H groups in total. The Balaban J connectivity index is 0.00000225. The third-order valence-corrected chi connectivity index (χ3v) is 7.70. The second kappa shape index (κ2) is 7.99. The first-order valence-electron chi connectivity index (χ1n) is 9.47. The van der Waals surface area contributed by atoms with E-state index >= 15 is 0 Å². The minimum Gasteiger partial charge on any atom is -0.338 e. The van der Waals surface area contributed by atoms with Crippen LogP contribution in [0.25, 0.3) is 10.8 Å². The lowest BCUT2D eigenvalue weighted by Gasteiger charge is -2.37. The molecule has 0 aromatic heterocycles. The fourth-order valence-corrected chi connectivity index (χ4v) is 5.60. The van der Waals surface area contributed by atoms with Crippen molar-refractivity contribution >= 4 is 39.1 Å². The van der Waals surface area contributed by atoms with Gasteiger partial charge in [0.05, 0.1) is 10.4 Å². The molecule has 1 saturated heterocycles. The number of nitrogens with two attached hydrogens (primary N) is 1. The minimum absolute atomic E-state index is 0. The third-order valence-electron chi connectivity index (χ3n) is 5.81. The molecule has 2 aromatic rings. The molecule has 0 unspecified atom stereocenters. The first-order valence-corrected chi connectivity index (χ1v) is 10.9. The summed E-state index contributed by atoms with van der Waals surface area (Å²) in [6.07, 6.45) is 3.42. The van der Waals surface area contributed by atoms with E-state index in [1.165, 1.54) is 4.31 Å². The first-order chi connectivity index (χ1) is 12.9. The zero-order valence-electron chi connectivity index (χ0n) is 15.7. The highest BCUT2D eigenvalue weighted by molar-refractivity contribution is 7.89. The van der Waals surface area contributed by atoms with Gasteiger partial charge in [-0.15, -0.1) is 12.4 Å². The van der Waals surface area contributed by atoms with Crippen LogP contribution in [0.3, 0.4) is 0 Å². The molecule has 0 spiro atoms. The summed E-state index contributed by atoms with van der Waals surface area (Å²) in [5, 5.41) is 1.91.